The van der Waals surface area contributed by atoms with Crippen LogP contribution >= 0.6 is 0 Å². The molecule has 2 aliphatic rings. The summed E-state index contributed by atoms with van der Waals surface area (Å²) in [6, 6.07) is 13.5. The van der Waals surface area contributed by atoms with E-state index in [1.165, 1.54) is 4.90 Å². The maximum absolute atomic E-state index is 13.1. The molecule has 0 radical (unpaired) electrons. The van der Waals surface area contributed by atoms with Crippen molar-refractivity contribution in [1.29, 1.82) is 0 Å². The molecule has 2 heterocycles. The van der Waals surface area contributed by atoms with Crippen LogP contribution in [0.5, 0.6) is 0 Å². The van der Waals surface area contributed by atoms with Gasteiger partial charge in [0.05, 0.1) is 19.4 Å². The Bertz CT molecular complexity index is 868. The zero-order valence-electron chi connectivity index (χ0n) is 15.1. The molecule has 1 N–H and O–H groups in total. The Morgan fingerprint density at radius 3 is 2.73 bits per heavy atom. The fourth-order valence-electron chi connectivity index (χ4n) is 3.74. The van der Waals surface area contributed by atoms with Gasteiger partial charge in [-0.05, 0) is 36.2 Å². The molecule has 2 atom stereocenters. The molecule has 0 spiro atoms. The summed E-state index contributed by atoms with van der Waals surface area (Å²) in [4.78, 5) is 29.0. The highest BCUT2D eigenvalue weighted by Gasteiger charge is 2.49. The largest absolute Gasteiger partial charge is 0.376 e. The number of amides is 3. The number of nitrogens with zero attached hydrogens (tertiary/aromatic N) is 2. The van der Waals surface area contributed by atoms with Crippen LogP contribution < -0.4 is 5.32 Å². The normalized spacial score (nSPS) is 27.2. The third-order valence-corrected chi connectivity index (χ3v) is 5.27. The van der Waals surface area contributed by atoms with Crippen LogP contribution in [0.1, 0.15) is 19.4 Å². The van der Waals surface area contributed by atoms with Crippen molar-refractivity contribution in [3.63, 3.8) is 0 Å². The number of ether oxygens (including phenoxy) is 1. The quantitative estimate of drug-likeness (QED) is 0.860. The predicted molar refractivity (Wildman–Crippen MR) is 98.5 cm³/mol. The summed E-state index contributed by atoms with van der Waals surface area (Å²) in [6.45, 7) is 6.11. The molecule has 0 aromatic heterocycles. The van der Waals surface area contributed by atoms with E-state index >= 15 is 0 Å². The molecule has 0 bridgehead atoms. The van der Waals surface area contributed by atoms with Gasteiger partial charge in [-0.2, -0.15) is 0 Å². The van der Waals surface area contributed by atoms with Crippen LogP contribution in [0.3, 0.4) is 0 Å². The van der Waals surface area contributed by atoms with Gasteiger partial charge in [-0.1, -0.05) is 36.4 Å². The Kier molecular flexibility index (Phi) is 4.17. The van der Waals surface area contributed by atoms with Crippen LogP contribution in [-0.4, -0.2) is 54.2 Å². The van der Waals surface area contributed by atoms with E-state index in [2.05, 4.69) is 10.2 Å². The van der Waals surface area contributed by atoms with Gasteiger partial charge in [0.15, 0.2) is 0 Å². The van der Waals surface area contributed by atoms with Crippen molar-refractivity contribution in [2.45, 2.75) is 25.5 Å². The summed E-state index contributed by atoms with van der Waals surface area (Å²) in [7, 11) is 0. The van der Waals surface area contributed by atoms with Crippen molar-refractivity contribution >= 4 is 22.7 Å². The Balaban J connectivity index is 1.60. The van der Waals surface area contributed by atoms with Gasteiger partial charge in [0.1, 0.15) is 5.54 Å². The van der Waals surface area contributed by atoms with E-state index in [0.717, 1.165) is 16.3 Å². The average molecular weight is 353 g/mol. The molecule has 2 fully saturated rings. The van der Waals surface area contributed by atoms with Crippen LogP contribution in [-0.2, 0) is 15.1 Å². The Morgan fingerprint density at radius 2 is 1.96 bits per heavy atom. The molecular formula is C20H23N3O3. The van der Waals surface area contributed by atoms with E-state index in [1.807, 2.05) is 49.4 Å². The van der Waals surface area contributed by atoms with Crippen LogP contribution in [0.25, 0.3) is 10.8 Å². The molecule has 2 aromatic rings. The molecule has 2 aromatic carbocycles. The summed E-state index contributed by atoms with van der Waals surface area (Å²) < 4.78 is 5.53. The minimum atomic E-state index is -1.04. The minimum absolute atomic E-state index is 0.108. The monoisotopic (exact) mass is 353 g/mol. The highest BCUT2D eigenvalue weighted by Crippen LogP contribution is 2.31. The standard InChI is InChI=1S/C20H23N3O3/c1-14-12-22(9-10-26-14)13-23-18(24)20(2,21-19(23)25)17-8-7-15-5-3-4-6-16(15)11-17/h3-8,11,14H,9-10,12-13H2,1-2H3,(H,21,25)/t14-,20-/m1/s1. The number of fused-ring (bicyclic) bond motifs is 1. The number of imide groups is 1. The van der Waals surface area contributed by atoms with Crippen molar-refractivity contribution < 1.29 is 14.3 Å². The van der Waals surface area contributed by atoms with Gasteiger partial charge in [-0.15, -0.1) is 0 Å². The first-order valence-corrected chi connectivity index (χ1v) is 8.95. The number of morpholine rings is 1. The number of rotatable bonds is 3. The fraction of sp³-hybridized carbons (Fsp3) is 0.400. The summed E-state index contributed by atoms with van der Waals surface area (Å²) in [5.74, 6) is -0.211. The van der Waals surface area contributed by atoms with Crippen molar-refractivity contribution in [3.8, 4) is 0 Å². The van der Waals surface area contributed by atoms with Gasteiger partial charge in [0, 0.05) is 13.1 Å². The highest BCUT2D eigenvalue weighted by atomic mass is 16.5. The maximum atomic E-state index is 13.1. The van der Waals surface area contributed by atoms with E-state index < -0.39 is 5.54 Å². The summed E-state index contributed by atoms with van der Waals surface area (Å²) >= 11 is 0. The average Bonchev–Trinajstić information content (AvgIpc) is 2.85. The van der Waals surface area contributed by atoms with Crippen molar-refractivity contribution in [3.05, 3.63) is 48.0 Å². The first kappa shape index (κ1) is 17.0. The van der Waals surface area contributed by atoms with Crippen LogP contribution in [0.15, 0.2) is 42.5 Å². The smallest absolute Gasteiger partial charge is 0.326 e. The highest BCUT2D eigenvalue weighted by molar-refractivity contribution is 6.07. The number of urea groups is 1. The molecule has 136 valence electrons. The van der Waals surface area contributed by atoms with E-state index in [0.29, 0.717) is 26.4 Å². The van der Waals surface area contributed by atoms with E-state index in [-0.39, 0.29) is 18.0 Å². The molecule has 4 rings (SSSR count). The van der Waals surface area contributed by atoms with E-state index in [1.54, 1.807) is 6.92 Å². The van der Waals surface area contributed by atoms with E-state index in [9.17, 15) is 9.59 Å². The molecule has 0 saturated carbocycles. The second kappa shape index (κ2) is 6.37. The third kappa shape index (κ3) is 2.85. The predicted octanol–water partition coefficient (Wildman–Crippen LogP) is 2.29. The number of hydrogen-bond acceptors (Lipinski definition) is 4. The topological polar surface area (TPSA) is 61.9 Å². The molecule has 2 saturated heterocycles. The minimum Gasteiger partial charge on any atom is -0.376 e. The van der Waals surface area contributed by atoms with E-state index in [4.69, 9.17) is 4.74 Å². The molecule has 26 heavy (non-hydrogen) atoms. The fourth-order valence-corrected chi connectivity index (χ4v) is 3.74. The number of hydrogen-bond donors (Lipinski definition) is 1. The molecule has 0 aliphatic carbocycles. The van der Waals surface area contributed by atoms with Crippen molar-refractivity contribution in [2.75, 3.05) is 26.4 Å². The Labute approximate surface area is 152 Å². The maximum Gasteiger partial charge on any atom is 0.326 e. The second-order valence-corrected chi connectivity index (χ2v) is 7.25. The lowest BCUT2D eigenvalue weighted by atomic mass is 9.90. The lowest BCUT2D eigenvalue weighted by Gasteiger charge is -2.33. The molecule has 0 unspecified atom stereocenters. The zero-order chi connectivity index (χ0) is 18.3. The van der Waals surface area contributed by atoms with Gasteiger partial charge < -0.3 is 10.1 Å². The first-order valence-electron chi connectivity index (χ1n) is 8.95. The van der Waals surface area contributed by atoms with Gasteiger partial charge in [-0.25, -0.2) is 9.69 Å². The number of carbonyl (C=O) groups is 2. The van der Waals surface area contributed by atoms with Gasteiger partial charge in [-0.3, -0.25) is 9.69 Å². The molecule has 3 amide bonds. The first-order chi connectivity index (χ1) is 12.5. The lowest BCUT2D eigenvalue weighted by Crippen LogP contribution is -2.49. The number of benzene rings is 2. The molecule has 2 aliphatic heterocycles. The zero-order valence-corrected chi connectivity index (χ0v) is 15.1. The second-order valence-electron chi connectivity index (χ2n) is 7.25. The SMILES string of the molecule is C[C@@H]1CN(CN2C(=O)N[C@](C)(c3ccc4ccccc4c3)C2=O)CCO1. The molecule has 6 heteroatoms. The van der Waals surface area contributed by atoms with Gasteiger partial charge in [0.2, 0.25) is 0 Å². The third-order valence-electron chi connectivity index (χ3n) is 5.27. The molecular weight excluding hydrogens is 330 g/mol. The van der Waals surface area contributed by atoms with Crippen LogP contribution in [0.4, 0.5) is 4.79 Å². The Hall–Kier alpha value is -2.44. The molecule has 6 nitrogen and oxygen atoms in total. The van der Waals surface area contributed by atoms with Crippen molar-refractivity contribution in [2.24, 2.45) is 0 Å². The summed E-state index contributed by atoms with van der Waals surface area (Å²) in [5, 5.41) is 5.05. The van der Waals surface area contributed by atoms with Gasteiger partial charge >= 0.3 is 6.03 Å². The Morgan fingerprint density at radius 1 is 1.19 bits per heavy atom. The lowest BCUT2D eigenvalue weighted by molar-refractivity contribution is -0.133. The summed E-state index contributed by atoms with van der Waals surface area (Å²) in [6.07, 6.45) is 0.108. The number of carbonyl (C=O) groups excluding carboxylic acids is 2. The van der Waals surface area contributed by atoms with Gasteiger partial charge in [0.25, 0.3) is 5.91 Å². The van der Waals surface area contributed by atoms with Crippen molar-refractivity contribution in [1.82, 2.24) is 15.1 Å². The number of nitrogens with one attached hydrogen (secondary N) is 1. The van der Waals surface area contributed by atoms with Crippen LogP contribution in [0, 0.1) is 0 Å². The van der Waals surface area contributed by atoms with Crippen LogP contribution in [0.2, 0.25) is 0 Å². The summed E-state index contributed by atoms with van der Waals surface area (Å²) in [5.41, 5.74) is -0.244.